The summed E-state index contributed by atoms with van der Waals surface area (Å²) < 4.78 is 5.19. The highest BCUT2D eigenvalue weighted by atomic mass is 35.5. The Balaban J connectivity index is 2.18. The van der Waals surface area contributed by atoms with Crippen molar-refractivity contribution in [1.29, 1.82) is 0 Å². The molecule has 2 rings (SSSR count). The lowest BCUT2D eigenvalue weighted by atomic mass is 9.81. The molecule has 0 aliphatic rings. The van der Waals surface area contributed by atoms with E-state index in [0.717, 1.165) is 5.56 Å². The van der Waals surface area contributed by atoms with Crippen LogP contribution in [0.15, 0.2) is 42.5 Å². The van der Waals surface area contributed by atoms with E-state index in [4.69, 9.17) is 35.8 Å². The lowest BCUT2D eigenvalue weighted by molar-refractivity contribution is -0.134. The maximum absolute atomic E-state index is 12.0. The lowest BCUT2D eigenvalue weighted by Crippen LogP contribution is -2.19. The fourth-order valence-electron chi connectivity index (χ4n) is 1.65. The Hall–Kier alpha value is -1.45. The minimum absolute atomic E-state index is 0.128. The van der Waals surface area contributed by atoms with Crippen molar-refractivity contribution < 1.29 is 9.53 Å². The summed E-state index contributed by atoms with van der Waals surface area (Å²) in [6, 6.07) is 12.2. The van der Waals surface area contributed by atoms with E-state index in [0.29, 0.717) is 5.56 Å². The molecule has 0 amide bonds. The molecule has 5 heteroatoms. The average Bonchev–Trinajstić information content (AvgIpc) is 2.43. The third-order valence-corrected chi connectivity index (χ3v) is 3.41. The van der Waals surface area contributed by atoms with Crippen molar-refractivity contribution in [3.63, 3.8) is 0 Å². The van der Waals surface area contributed by atoms with Gasteiger partial charge in [0.25, 0.3) is 0 Å². The van der Waals surface area contributed by atoms with E-state index >= 15 is 0 Å². The largest absolute Gasteiger partial charge is 0.423 e. The fraction of sp³-hybridized carbons (Fsp3) is 0.133. The number of hydrogen-bond acceptors (Lipinski definition) is 2. The summed E-state index contributed by atoms with van der Waals surface area (Å²) in [6.07, 6.45) is 0. The highest BCUT2D eigenvalue weighted by molar-refractivity contribution is 6.37. The summed E-state index contributed by atoms with van der Waals surface area (Å²) in [5.74, 6) is -1.37. The van der Waals surface area contributed by atoms with Gasteiger partial charge in [-0.2, -0.15) is 0 Å². The molecular weight excluding hydrogens is 294 g/mol. The van der Waals surface area contributed by atoms with E-state index < -0.39 is 11.8 Å². The number of hydrogen-bond donors (Lipinski definition) is 0. The standard InChI is InChI=1S/C15H11BCl2O2/c1-9-5-7-10(8-6-9)13(16)15(19)20-14-11(17)3-2-4-12(14)18/h2-8,13H,1H3. The molecule has 2 aromatic rings. The maximum Gasteiger partial charge on any atom is 0.309 e. The number of halogens is 2. The number of benzene rings is 2. The number of rotatable bonds is 3. The van der Waals surface area contributed by atoms with Crippen molar-refractivity contribution in [1.82, 2.24) is 0 Å². The van der Waals surface area contributed by atoms with Crippen molar-refractivity contribution in [2.75, 3.05) is 0 Å². The number of esters is 1. The molecule has 0 saturated heterocycles. The number of ether oxygens (including phenoxy) is 1. The van der Waals surface area contributed by atoms with Gasteiger partial charge in [-0.05, 0) is 24.6 Å². The second-order valence-corrected chi connectivity index (χ2v) is 5.17. The molecular formula is C15H11BCl2O2. The molecule has 100 valence electrons. The van der Waals surface area contributed by atoms with Crippen LogP contribution < -0.4 is 4.74 Å². The van der Waals surface area contributed by atoms with Crippen LogP contribution in [-0.4, -0.2) is 13.8 Å². The lowest BCUT2D eigenvalue weighted by Gasteiger charge is -2.13. The second kappa shape index (κ2) is 6.34. The highest BCUT2D eigenvalue weighted by Gasteiger charge is 2.19. The topological polar surface area (TPSA) is 26.3 Å². The first-order valence-corrected chi connectivity index (χ1v) is 6.72. The van der Waals surface area contributed by atoms with Crippen molar-refractivity contribution in [2.24, 2.45) is 0 Å². The Morgan fingerprint density at radius 3 is 2.20 bits per heavy atom. The molecule has 0 fully saturated rings. The Morgan fingerprint density at radius 2 is 1.65 bits per heavy atom. The molecule has 0 aliphatic heterocycles. The summed E-state index contributed by atoms with van der Waals surface area (Å²) in [5.41, 5.74) is 1.76. The molecule has 2 radical (unpaired) electrons. The SMILES string of the molecule is [B]C(C(=O)Oc1c(Cl)cccc1Cl)c1ccc(C)cc1. The zero-order chi connectivity index (χ0) is 14.7. The van der Waals surface area contributed by atoms with Gasteiger partial charge in [0, 0.05) is 5.82 Å². The number of carbonyl (C=O) groups is 1. The van der Waals surface area contributed by atoms with Gasteiger partial charge in [-0.1, -0.05) is 59.1 Å². The molecule has 0 spiro atoms. The first-order chi connectivity index (χ1) is 9.49. The van der Waals surface area contributed by atoms with Gasteiger partial charge in [-0.3, -0.25) is 4.79 Å². The molecule has 20 heavy (non-hydrogen) atoms. The molecule has 2 aromatic carbocycles. The predicted octanol–water partition coefficient (Wildman–Crippen LogP) is 4.12. The number of aryl methyl sites for hydroxylation is 1. The van der Waals surface area contributed by atoms with Gasteiger partial charge in [-0.15, -0.1) is 0 Å². The molecule has 0 aromatic heterocycles. The van der Waals surface area contributed by atoms with Crippen molar-refractivity contribution in [3.05, 3.63) is 63.6 Å². The molecule has 0 N–H and O–H groups in total. The van der Waals surface area contributed by atoms with Crippen molar-refractivity contribution in [2.45, 2.75) is 12.7 Å². The van der Waals surface area contributed by atoms with Gasteiger partial charge in [0.2, 0.25) is 0 Å². The van der Waals surface area contributed by atoms with Crippen LogP contribution in [0.25, 0.3) is 0 Å². The maximum atomic E-state index is 12.0. The van der Waals surface area contributed by atoms with Crippen LogP contribution in [0.5, 0.6) is 5.75 Å². The van der Waals surface area contributed by atoms with E-state index in [1.54, 1.807) is 30.3 Å². The van der Waals surface area contributed by atoms with E-state index in [1.807, 2.05) is 19.1 Å². The molecule has 1 unspecified atom stereocenters. The summed E-state index contributed by atoms with van der Waals surface area (Å²) in [5, 5.41) is 0.531. The van der Waals surface area contributed by atoms with Crippen LogP contribution in [0.4, 0.5) is 0 Å². The molecule has 1 atom stereocenters. The molecule has 0 saturated carbocycles. The van der Waals surface area contributed by atoms with E-state index in [-0.39, 0.29) is 15.8 Å². The Morgan fingerprint density at radius 1 is 1.10 bits per heavy atom. The first-order valence-electron chi connectivity index (χ1n) is 5.97. The Kier molecular flexibility index (Phi) is 4.74. The van der Waals surface area contributed by atoms with E-state index in [1.165, 1.54) is 0 Å². The van der Waals surface area contributed by atoms with Gasteiger partial charge in [0.05, 0.1) is 17.9 Å². The van der Waals surface area contributed by atoms with Gasteiger partial charge in [0.1, 0.15) is 0 Å². The summed E-state index contributed by atoms with van der Waals surface area (Å²) in [7, 11) is 5.88. The van der Waals surface area contributed by atoms with Gasteiger partial charge < -0.3 is 4.74 Å². The molecule has 0 heterocycles. The van der Waals surface area contributed by atoms with Crippen molar-refractivity contribution >= 4 is 37.0 Å². The van der Waals surface area contributed by atoms with Crippen LogP contribution in [-0.2, 0) is 4.79 Å². The van der Waals surface area contributed by atoms with Crippen LogP contribution in [0, 0.1) is 6.92 Å². The third-order valence-electron chi connectivity index (χ3n) is 2.81. The molecule has 0 bridgehead atoms. The minimum atomic E-state index is -0.886. The zero-order valence-electron chi connectivity index (χ0n) is 10.8. The summed E-state index contributed by atoms with van der Waals surface area (Å²) in [4.78, 5) is 12.0. The van der Waals surface area contributed by atoms with Gasteiger partial charge in [-0.25, -0.2) is 0 Å². The smallest absolute Gasteiger partial charge is 0.309 e. The van der Waals surface area contributed by atoms with Gasteiger partial charge >= 0.3 is 5.97 Å². The van der Waals surface area contributed by atoms with Crippen LogP contribution >= 0.6 is 23.2 Å². The van der Waals surface area contributed by atoms with Crippen molar-refractivity contribution in [3.8, 4) is 5.75 Å². The number of carbonyl (C=O) groups excluding carboxylic acids is 1. The van der Waals surface area contributed by atoms with Gasteiger partial charge in [0.15, 0.2) is 5.75 Å². The van der Waals surface area contributed by atoms with Crippen LogP contribution in [0.1, 0.15) is 16.9 Å². The molecule has 0 aliphatic carbocycles. The second-order valence-electron chi connectivity index (χ2n) is 4.36. The average molecular weight is 305 g/mol. The third kappa shape index (κ3) is 3.35. The monoisotopic (exact) mass is 304 g/mol. The predicted molar refractivity (Wildman–Crippen MR) is 81.8 cm³/mol. The first kappa shape index (κ1) is 15.0. The quantitative estimate of drug-likeness (QED) is 0.484. The minimum Gasteiger partial charge on any atom is -0.423 e. The summed E-state index contributed by atoms with van der Waals surface area (Å²) >= 11 is 11.9. The van der Waals surface area contributed by atoms with Crippen LogP contribution in [0.3, 0.4) is 0 Å². The highest BCUT2D eigenvalue weighted by Crippen LogP contribution is 2.33. The molecule has 2 nitrogen and oxygen atoms in total. The zero-order valence-corrected chi connectivity index (χ0v) is 12.3. The fourth-order valence-corrected chi connectivity index (χ4v) is 2.13. The van der Waals surface area contributed by atoms with Crippen LogP contribution in [0.2, 0.25) is 10.0 Å². The number of para-hydroxylation sites is 1. The van der Waals surface area contributed by atoms with E-state index in [2.05, 4.69) is 0 Å². The normalized spacial score (nSPS) is 11.9. The Bertz CT molecular complexity index is 606. The van der Waals surface area contributed by atoms with E-state index in [9.17, 15) is 4.79 Å². The Labute approximate surface area is 129 Å². The summed E-state index contributed by atoms with van der Waals surface area (Å²) in [6.45, 7) is 1.96.